The molecule has 2 rings (SSSR count). The molecule has 1 heterocycles. The third-order valence-corrected chi connectivity index (χ3v) is 5.86. The quantitative estimate of drug-likeness (QED) is 0.845. The van der Waals surface area contributed by atoms with Gasteiger partial charge in [-0.15, -0.1) is 0 Å². The van der Waals surface area contributed by atoms with Gasteiger partial charge in [-0.2, -0.15) is 0 Å². The maximum atomic E-state index is 13.8. The number of benzene rings is 1. The topological polar surface area (TPSA) is 60.2 Å². The van der Waals surface area contributed by atoms with Crippen molar-refractivity contribution in [2.75, 3.05) is 11.5 Å². The van der Waals surface area contributed by atoms with Crippen molar-refractivity contribution in [3.63, 3.8) is 0 Å². The zero-order valence-corrected chi connectivity index (χ0v) is 12.5. The summed E-state index contributed by atoms with van der Waals surface area (Å²) in [4.78, 5) is 0. The molecular formula is C12H14BrF2NO2S. The van der Waals surface area contributed by atoms with E-state index in [2.05, 4.69) is 15.9 Å². The van der Waals surface area contributed by atoms with E-state index in [-0.39, 0.29) is 33.9 Å². The first-order chi connectivity index (χ1) is 8.80. The van der Waals surface area contributed by atoms with E-state index >= 15 is 0 Å². The number of sulfone groups is 1. The molecule has 0 spiro atoms. The van der Waals surface area contributed by atoms with E-state index in [1.807, 2.05) is 0 Å². The van der Waals surface area contributed by atoms with Gasteiger partial charge in [0.15, 0.2) is 9.84 Å². The van der Waals surface area contributed by atoms with Crippen molar-refractivity contribution in [2.45, 2.75) is 18.9 Å². The second-order valence-electron chi connectivity index (χ2n) is 4.85. The molecule has 1 aliphatic heterocycles. The molecule has 2 atom stereocenters. The van der Waals surface area contributed by atoms with Crippen molar-refractivity contribution in [1.82, 2.24) is 0 Å². The van der Waals surface area contributed by atoms with Crippen LogP contribution in [0.3, 0.4) is 0 Å². The zero-order valence-electron chi connectivity index (χ0n) is 10.1. The van der Waals surface area contributed by atoms with Crippen molar-refractivity contribution in [3.05, 3.63) is 33.8 Å². The number of hydrogen-bond acceptors (Lipinski definition) is 3. The molecule has 1 aromatic carbocycles. The summed E-state index contributed by atoms with van der Waals surface area (Å²) in [6.07, 6.45) is 0.456. The van der Waals surface area contributed by atoms with Crippen LogP contribution in [0.1, 0.15) is 12.0 Å². The van der Waals surface area contributed by atoms with Gasteiger partial charge in [0.25, 0.3) is 0 Å². The molecule has 1 aromatic rings. The summed E-state index contributed by atoms with van der Waals surface area (Å²) >= 11 is 2.99. The average molecular weight is 354 g/mol. The standard InChI is InChI=1S/C12H14BrF2NO2S/c13-9-1-2-10(14)8(12(9)15)5-11(16)7-3-4-19(17,18)6-7/h1-2,7,11H,3-6,16H2. The third-order valence-electron chi connectivity index (χ3n) is 3.45. The Morgan fingerprint density at radius 2 is 2.11 bits per heavy atom. The molecule has 1 saturated heterocycles. The van der Waals surface area contributed by atoms with Gasteiger partial charge in [-0.1, -0.05) is 0 Å². The Hall–Kier alpha value is -0.530. The largest absolute Gasteiger partial charge is 0.327 e. The lowest BCUT2D eigenvalue weighted by Gasteiger charge is -2.18. The number of hydrogen-bond donors (Lipinski definition) is 1. The van der Waals surface area contributed by atoms with Gasteiger partial charge in [0.05, 0.1) is 16.0 Å². The smallest absolute Gasteiger partial charge is 0.150 e. The highest BCUT2D eigenvalue weighted by atomic mass is 79.9. The fourth-order valence-electron chi connectivity index (χ4n) is 2.32. The minimum Gasteiger partial charge on any atom is -0.327 e. The monoisotopic (exact) mass is 353 g/mol. The highest BCUT2D eigenvalue weighted by Gasteiger charge is 2.32. The molecule has 2 N–H and O–H groups in total. The normalized spacial score (nSPS) is 23.5. The Bertz CT molecular complexity index is 592. The summed E-state index contributed by atoms with van der Waals surface area (Å²) in [7, 11) is -3.04. The van der Waals surface area contributed by atoms with Gasteiger partial charge in [0, 0.05) is 11.6 Å². The molecule has 0 aliphatic carbocycles. The predicted molar refractivity (Wildman–Crippen MR) is 72.5 cm³/mol. The van der Waals surface area contributed by atoms with Gasteiger partial charge in [0.2, 0.25) is 0 Å². The van der Waals surface area contributed by atoms with Crippen LogP contribution in [0.25, 0.3) is 0 Å². The number of rotatable bonds is 3. The fourth-order valence-corrected chi connectivity index (χ4v) is 4.59. The Morgan fingerprint density at radius 1 is 1.42 bits per heavy atom. The number of halogens is 3. The first-order valence-electron chi connectivity index (χ1n) is 5.88. The minimum atomic E-state index is -3.04. The molecule has 0 aromatic heterocycles. The van der Waals surface area contributed by atoms with E-state index in [1.165, 1.54) is 12.1 Å². The molecule has 0 amide bonds. The molecule has 0 bridgehead atoms. The SMILES string of the molecule is NC(Cc1c(F)ccc(Br)c1F)C1CCS(=O)(=O)C1. The van der Waals surface area contributed by atoms with Gasteiger partial charge in [-0.3, -0.25) is 0 Å². The maximum Gasteiger partial charge on any atom is 0.150 e. The van der Waals surface area contributed by atoms with E-state index in [0.29, 0.717) is 6.42 Å². The fraction of sp³-hybridized carbons (Fsp3) is 0.500. The molecule has 3 nitrogen and oxygen atoms in total. The average Bonchev–Trinajstić information content (AvgIpc) is 2.70. The van der Waals surface area contributed by atoms with Gasteiger partial charge in [0.1, 0.15) is 11.6 Å². The molecule has 7 heteroatoms. The second-order valence-corrected chi connectivity index (χ2v) is 7.94. The van der Waals surface area contributed by atoms with E-state index in [0.717, 1.165) is 0 Å². The Labute approximate surface area is 119 Å². The lowest BCUT2D eigenvalue weighted by Crippen LogP contribution is -2.33. The molecular weight excluding hydrogens is 340 g/mol. The third kappa shape index (κ3) is 3.32. The summed E-state index contributed by atoms with van der Waals surface area (Å²) in [6.45, 7) is 0. The Balaban J connectivity index is 2.16. The lowest BCUT2D eigenvalue weighted by molar-refractivity contribution is 0.442. The first kappa shape index (κ1) is 14.9. The van der Waals surface area contributed by atoms with Gasteiger partial charge >= 0.3 is 0 Å². The predicted octanol–water partition coefficient (Wildman–Crippen LogP) is 2.03. The van der Waals surface area contributed by atoms with E-state index in [4.69, 9.17) is 5.73 Å². The van der Waals surface area contributed by atoms with Crippen LogP contribution in [0.5, 0.6) is 0 Å². The lowest BCUT2D eigenvalue weighted by atomic mass is 9.93. The summed E-state index contributed by atoms with van der Waals surface area (Å²) in [5, 5.41) is 0. The van der Waals surface area contributed by atoms with Crippen LogP contribution in [-0.2, 0) is 16.3 Å². The molecule has 19 heavy (non-hydrogen) atoms. The van der Waals surface area contributed by atoms with Crippen molar-refractivity contribution >= 4 is 25.8 Å². The molecule has 2 unspecified atom stereocenters. The van der Waals surface area contributed by atoms with Gasteiger partial charge in [-0.25, -0.2) is 17.2 Å². The molecule has 106 valence electrons. The van der Waals surface area contributed by atoms with Crippen molar-refractivity contribution in [3.8, 4) is 0 Å². The van der Waals surface area contributed by atoms with Crippen LogP contribution in [0.2, 0.25) is 0 Å². The molecule has 1 aliphatic rings. The second kappa shape index (κ2) is 5.46. The van der Waals surface area contributed by atoms with E-state index in [9.17, 15) is 17.2 Å². The van der Waals surface area contributed by atoms with Crippen LogP contribution in [0, 0.1) is 17.6 Å². The minimum absolute atomic E-state index is 0.00269. The zero-order chi connectivity index (χ0) is 14.2. The van der Waals surface area contributed by atoms with E-state index < -0.39 is 27.5 Å². The van der Waals surface area contributed by atoms with Crippen LogP contribution in [0.4, 0.5) is 8.78 Å². The first-order valence-corrected chi connectivity index (χ1v) is 8.50. The van der Waals surface area contributed by atoms with Crippen molar-refractivity contribution < 1.29 is 17.2 Å². The van der Waals surface area contributed by atoms with Crippen LogP contribution in [0.15, 0.2) is 16.6 Å². The molecule has 1 fully saturated rings. The summed E-state index contributed by atoms with van der Waals surface area (Å²) in [5.41, 5.74) is 5.82. The Morgan fingerprint density at radius 3 is 2.68 bits per heavy atom. The van der Waals surface area contributed by atoms with Crippen LogP contribution in [-0.4, -0.2) is 26.0 Å². The summed E-state index contributed by atoms with van der Waals surface area (Å²) < 4.78 is 50.3. The highest BCUT2D eigenvalue weighted by molar-refractivity contribution is 9.10. The molecule has 0 radical (unpaired) electrons. The van der Waals surface area contributed by atoms with Crippen LogP contribution < -0.4 is 5.73 Å². The van der Waals surface area contributed by atoms with Crippen molar-refractivity contribution in [2.24, 2.45) is 11.7 Å². The summed E-state index contributed by atoms with van der Waals surface area (Å²) in [6, 6.07) is 1.90. The Kier molecular flexibility index (Phi) is 4.27. The van der Waals surface area contributed by atoms with Crippen LogP contribution >= 0.6 is 15.9 Å². The summed E-state index contributed by atoms with van der Waals surface area (Å²) in [5.74, 6) is -1.45. The van der Waals surface area contributed by atoms with Gasteiger partial charge in [-0.05, 0) is 46.8 Å². The maximum absolute atomic E-state index is 13.8. The van der Waals surface area contributed by atoms with Crippen molar-refractivity contribution in [1.29, 1.82) is 0 Å². The highest BCUT2D eigenvalue weighted by Crippen LogP contribution is 2.27. The molecule has 0 saturated carbocycles. The van der Waals surface area contributed by atoms with Gasteiger partial charge < -0.3 is 5.73 Å². The van der Waals surface area contributed by atoms with E-state index in [1.54, 1.807) is 0 Å². The number of nitrogens with two attached hydrogens (primary N) is 1.